The largest absolute Gasteiger partial charge is 0.496 e. The lowest BCUT2D eigenvalue weighted by Gasteiger charge is -2.24. The van der Waals surface area contributed by atoms with E-state index >= 15 is 0 Å². The number of nitrogens with zero attached hydrogens (tertiary/aromatic N) is 3. The topological polar surface area (TPSA) is 110 Å². The zero-order valence-corrected chi connectivity index (χ0v) is 16.8. The number of methoxy groups -OCH3 is 1. The highest BCUT2D eigenvalue weighted by atomic mass is 32.2. The van der Waals surface area contributed by atoms with Crippen LogP contribution in [-0.2, 0) is 5.75 Å². The molecule has 0 saturated heterocycles. The molecule has 0 fully saturated rings. The van der Waals surface area contributed by atoms with Crippen molar-refractivity contribution in [1.82, 2.24) is 15.2 Å². The molecule has 3 N–H and O–H groups in total. The van der Waals surface area contributed by atoms with Crippen LogP contribution in [0.15, 0.2) is 59.1 Å². The molecule has 3 aromatic rings. The van der Waals surface area contributed by atoms with E-state index in [0.717, 1.165) is 33.2 Å². The Morgan fingerprint density at radius 3 is 2.93 bits per heavy atom. The number of hydrogen-bond acceptors (Lipinski definition) is 7. The second-order valence-electron chi connectivity index (χ2n) is 6.52. The maximum absolute atomic E-state index is 9.73. The maximum atomic E-state index is 9.73. The molecule has 7 nitrogen and oxygen atoms in total. The number of H-pyrrole nitrogens is 1. The lowest BCUT2D eigenvalue weighted by Crippen LogP contribution is -2.21. The molecule has 0 aliphatic carbocycles. The molecular weight excluding hydrogens is 386 g/mol. The van der Waals surface area contributed by atoms with Crippen molar-refractivity contribution in [2.24, 2.45) is 5.73 Å². The molecule has 0 amide bonds. The van der Waals surface area contributed by atoms with E-state index in [1.54, 1.807) is 25.1 Å². The molecule has 1 atom stereocenters. The molecule has 29 heavy (non-hydrogen) atoms. The Labute approximate surface area is 172 Å². The van der Waals surface area contributed by atoms with Gasteiger partial charge in [0.25, 0.3) is 0 Å². The standard InChI is InChI=1S/C21H19N5O2S/c1-12-18-19(15(10-22)20(23)28-21(18)26-25-12)13-6-7-16(27-2)14(9-13)11-29-17-5-3-4-8-24-17/h3-9,19H,11,23H2,1-2H3,(H,25,26)/t19-/m1/s1. The molecular formula is C21H19N5O2S. The number of ether oxygens (including phenoxy) is 2. The Morgan fingerprint density at radius 1 is 1.34 bits per heavy atom. The van der Waals surface area contributed by atoms with Crippen LogP contribution in [0, 0.1) is 18.3 Å². The third kappa shape index (κ3) is 3.52. The van der Waals surface area contributed by atoms with Gasteiger partial charge < -0.3 is 15.2 Å². The van der Waals surface area contributed by atoms with Crippen LogP contribution in [-0.4, -0.2) is 22.3 Å². The minimum absolute atomic E-state index is 0.0803. The number of nitriles is 1. The number of nitrogens with two attached hydrogens (primary N) is 1. The van der Waals surface area contributed by atoms with E-state index in [0.29, 0.717) is 17.2 Å². The first-order valence-electron chi connectivity index (χ1n) is 8.95. The van der Waals surface area contributed by atoms with Gasteiger partial charge in [0, 0.05) is 28.8 Å². The summed E-state index contributed by atoms with van der Waals surface area (Å²) in [6, 6.07) is 13.9. The highest BCUT2D eigenvalue weighted by Crippen LogP contribution is 2.43. The molecule has 1 aromatic carbocycles. The fourth-order valence-corrected chi connectivity index (χ4v) is 4.25. The molecule has 0 radical (unpaired) electrons. The molecule has 0 saturated carbocycles. The average Bonchev–Trinajstić information content (AvgIpc) is 3.11. The van der Waals surface area contributed by atoms with Crippen molar-refractivity contribution < 1.29 is 9.47 Å². The minimum Gasteiger partial charge on any atom is -0.496 e. The zero-order valence-electron chi connectivity index (χ0n) is 16.0. The molecule has 1 aliphatic rings. The molecule has 1 aliphatic heterocycles. The second-order valence-corrected chi connectivity index (χ2v) is 7.52. The van der Waals surface area contributed by atoms with Crippen LogP contribution in [0.2, 0.25) is 0 Å². The molecule has 3 heterocycles. The number of rotatable bonds is 5. The molecule has 0 spiro atoms. The van der Waals surface area contributed by atoms with Gasteiger partial charge in [-0.15, -0.1) is 16.9 Å². The summed E-state index contributed by atoms with van der Waals surface area (Å²) in [5.41, 5.74) is 9.98. The van der Waals surface area contributed by atoms with Gasteiger partial charge in [0.2, 0.25) is 11.8 Å². The zero-order chi connectivity index (χ0) is 20.4. The van der Waals surface area contributed by atoms with Gasteiger partial charge in [-0.25, -0.2) is 4.98 Å². The number of pyridine rings is 1. The van der Waals surface area contributed by atoms with Gasteiger partial charge in [0.15, 0.2) is 0 Å². The predicted octanol–water partition coefficient (Wildman–Crippen LogP) is 3.63. The molecule has 8 heteroatoms. The van der Waals surface area contributed by atoms with Gasteiger partial charge >= 0.3 is 0 Å². The normalized spacial score (nSPS) is 15.4. The van der Waals surface area contributed by atoms with Crippen LogP contribution in [0.1, 0.15) is 28.3 Å². The van der Waals surface area contributed by atoms with Gasteiger partial charge in [-0.2, -0.15) is 5.26 Å². The Kier molecular flexibility index (Phi) is 5.14. The molecule has 2 aromatic heterocycles. The van der Waals surface area contributed by atoms with E-state index in [2.05, 4.69) is 21.3 Å². The maximum Gasteiger partial charge on any atom is 0.244 e. The number of allylic oxidation sites excluding steroid dienone is 1. The highest BCUT2D eigenvalue weighted by Gasteiger charge is 2.34. The summed E-state index contributed by atoms with van der Waals surface area (Å²) in [5.74, 6) is 1.59. The van der Waals surface area contributed by atoms with Crippen LogP contribution in [0.5, 0.6) is 11.6 Å². The third-order valence-electron chi connectivity index (χ3n) is 4.78. The van der Waals surface area contributed by atoms with Gasteiger partial charge in [-0.05, 0) is 30.7 Å². The first-order valence-corrected chi connectivity index (χ1v) is 9.94. The van der Waals surface area contributed by atoms with E-state index in [-0.39, 0.29) is 11.8 Å². The fourth-order valence-electron chi connectivity index (χ4n) is 3.41. The SMILES string of the molecule is COc1ccc([C@@H]2C(C#N)=C(N)Oc3n[nH]c(C)c32)cc1CSc1ccccn1. The number of thioether (sulfide) groups is 1. The summed E-state index contributed by atoms with van der Waals surface area (Å²) in [7, 11) is 1.65. The Morgan fingerprint density at radius 2 is 2.21 bits per heavy atom. The average molecular weight is 405 g/mol. The van der Waals surface area contributed by atoms with Gasteiger partial charge in [0.05, 0.1) is 18.1 Å². The fraction of sp³-hybridized carbons (Fsp3) is 0.190. The third-order valence-corrected chi connectivity index (χ3v) is 5.77. The van der Waals surface area contributed by atoms with Crippen LogP contribution in [0.25, 0.3) is 0 Å². The van der Waals surface area contributed by atoms with Crippen molar-refractivity contribution in [2.75, 3.05) is 7.11 Å². The van der Waals surface area contributed by atoms with Gasteiger partial charge in [0.1, 0.15) is 17.4 Å². The monoisotopic (exact) mass is 405 g/mol. The summed E-state index contributed by atoms with van der Waals surface area (Å²) in [6.45, 7) is 1.90. The molecule has 4 rings (SSSR count). The first-order chi connectivity index (χ1) is 14.1. The lowest BCUT2D eigenvalue weighted by atomic mass is 9.83. The summed E-state index contributed by atoms with van der Waals surface area (Å²) >= 11 is 1.62. The van der Waals surface area contributed by atoms with Crippen molar-refractivity contribution in [3.8, 4) is 17.7 Å². The Bertz CT molecular complexity index is 1120. The van der Waals surface area contributed by atoms with Crippen LogP contribution in [0.3, 0.4) is 0 Å². The summed E-state index contributed by atoms with van der Waals surface area (Å²) in [4.78, 5) is 4.36. The van der Waals surface area contributed by atoms with Gasteiger partial charge in [-0.3, -0.25) is 5.10 Å². The minimum atomic E-state index is -0.355. The number of aryl methyl sites for hydroxylation is 1. The first kappa shape index (κ1) is 18.9. The van der Waals surface area contributed by atoms with Crippen molar-refractivity contribution >= 4 is 11.8 Å². The van der Waals surface area contributed by atoms with E-state index in [9.17, 15) is 5.26 Å². The number of aromatic amines is 1. The Hall–Kier alpha value is -3.44. The van der Waals surface area contributed by atoms with Crippen LogP contribution in [0.4, 0.5) is 0 Å². The van der Waals surface area contributed by atoms with E-state index < -0.39 is 0 Å². The van der Waals surface area contributed by atoms with E-state index in [1.165, 1.54) is 0 Å². The molecule has 0 bridgehead atoms. The number of nitrogens with one attached hydrogen (secondary N) is 1. The summed E-state index contributed by atoms with van der Waals surface area (Å²) in [5, 5.41) is 17.8. The van der Waals surface area contributed by atoms with Crippen molar-refractivity contribution in [1.29, 1.82) is 5.26 Å². The smallest absolute Gasteiger partial charge is 0.244 e. The summed E-state index contributed by atoms with van der Waals surface area (Å²) in [6.07, 6.45) is 1.77. The predicted molar refractivity (Wildman–Crippen MR) is 109 cm³/mol. The van der Waals surface area contributed by atoms with E-state index in [4.69, 9.17) is 15.2 Å². The van der Waals surface area contributed by atoms with Crippen LogP contribution >= 0.6 is 11.8 Å². The van der Waals surface area contributed by atoms with E-state index in [1.807, 2.05) is 43.3 Å². The highest BCUT2D eigenvalue weighted by molar-refractivity contribution is 7.98. The molecule has 146 valence electrons. The van der Waals surface area contributed by atoms with Gasteiger partial charge in [-0.1, -0.05) is 18.2 Å². The second kappa shape index (κ2) is 7.89. The number of hydrogen-bond donors (Lipinski definition) is 2. The number of aromatic nitrogens is 3. The number of fused-ring (bicyclic) bond motifs is 1. The van der Waals surface area contributed by atoms with Crippen molar-refractivity contribution in [3.63, 3.8) is 0 Å². The molecule has 0 unspecified atom stereocenters. The van der Waals surface area contributed by atoms with Crippen LogP contribution < -0.4 is 15.2 Å². The quantitative estimate of drug-likeness (QED) is 0.624. The Balaban J connectivity index is 1.75. The number of benzene rings is 1. The van der Waals surface area contributed by atoms with Crippen molar-refractivity contribution in [3.05, 3.63) is 76.4 Å². The summed E-state index contributed by atoms with van der Waals surface area (Å²) < 4.78 is 11.1. The lowest BCUT2D eigenvalue weighted by molar-refractivity contribution is 0.378. The van der Waals surface area contributed by atoms with Crippen molar-refractivity contribution in [2.45, 2.75) is 23.6 Å².